The highest BCUT2D eigenvalue weighted by Crippen LogP contribution is 2.24. The van der Waals surface area contributed by atoms with Crippen LogP contribution in [0.5, 0.6) is 0 Å². The maximum absolute atomic E-state index is 12.8. The number of amides is 1. The molecule has 3 rings (SSSR count). The Morgan fingerprint density at radius 2 is 1.52 bits per heavy atom. The van der Waals surface area contributed by atoms with Crippen molar-refractivity contribution in [3.63, 3.8) is 0 Å². The number of carbonyl (C=O) groups is 3. The van der Waals surface area contributed by atoms with E-state index in [1.807, 2.05) is 0 Å². The first-order valence-electron chi connectivity index (χ1n) is 8.56. The molecule has 7 heteroatoms. The number of anilines is 1. The number of carbonyl (C=O) groups excluding carboxylic acids is 3. The number of halogens is 2. The van der Waals surface area contributed by atoms with E-state index in [1.165, 1.54) is 18.2 Å². The van der Waals surface area contributed by atoms with Gasteiger partial charge in [-0.05, 0) is 30.3 Å². The van der Waals surface area contributed by atoms with Gasteiger partial charge >= 0.3 is 5.97 Å². The Kier molecular flexibility index (Phi) is 6.65. The van der Waals surface area contributed by atoms with E-state index in [4.69, 9.17) is 27.9 Å². The third-order valence-corrected chi connectivity index (χ3v) is 4.53. The van der Waals surface area contributed by atoms with Crippen LogP contribution in [0.4, 0.5) is 5.69 Å². The molecule has 0 atom stereocenters. The summed E-state index contributed by atoms with van der Waals surface area (Å²) in [5.74, 6) is -1.62. The Balaban J connectivity index is 1.71. The van der Waals surface area contributed by atoms with Crippen molar-refractivity contribution in [3.05, 3.63) is 99.5 Å². The highest BCUT2D eigenvalue weighted by atomic mass is 35.5. The van der Waals surface area contributed by atoms with Crippen LogP contribution in [0.2, 0.25) is 10.0 Å². The third kappa shape index (κ3) is 5.22. The van der Waals surface area contributed by atoms with Crippen molar-refractivity contribution in [2.24, 2.45) is 0 Å². The van der Waals surface area contributed by atoms with Crippen LogP contribution in [0.3, 0.4) is 0 Å². The lowest BCUT2D eigenvalue weighted by atomic mass is 10.0. The van der Waals surface area contributed by atoms with Crippen LogP contribution in [-0.4, -0.2) is 24.3 Å². The lowest BCUT2D eigenvalue weighted by Gasteiger charge is -2.12. The highest BCUT2D eigenvalue weighted by molar-refractivity contribution is 6.33. The first-order valence-corrected chi connectivity index (χ1v) is 9.32. The molecule has 0 spiro atoms. The van der Waals surface area contributed by atoms with Crippen LogP contribution in [-0.2, 0) is 9.53 Å². The number of esters is 1. The molecule has 0 bridgehead atoms. The molecule has 1 amide bonds. The van der Waals surface area contributed by atoms with Crippen molar-refractivity contribution < 1.29 is 19.1 Å². The maximum atomic E-state index is 12.8. The Morgan fingerprint density at radius 3 is 2.24 bits per heavy atom. The molecule has 1 N–H and O–H groups in total. The molecule has 0 aliphatic heterocycles. The summed E-state index contributed by atoms with van der Waals surface area (Å²) in [6, 6.07) is 19.5. The van der Waals surface area contributed by atoms with Crippen molar-refractivity contribution in [2.45, 2.75) is 0 Å². The lowest BCUT2D eigenvalue weighted by Crippen LogP contribution is -2.22. The monoisotopic (exact) mass is 427 g/mol. The molecule has 0 unspecified atom stereocenters. The van der Waals surface area contributed by atoms with Crippen molar-refractivity contribution >= 4 is 46.5 Å². The molecule has 0 aliphatic carbocycles. The number of nitrogens with one attached hydrogen (secondary N) is 1. The van der Waals surface area contributed by atoms with Crippen molar-refractivity contribution in [3.8, 4) is 0 Å². The molecule has 0 saturated carbocycles. The SMILES string of the molecule is O=C(COC(=O)c1ccccc1Cl)Nc1ccc(Cl)cc1C(=O)c1ccccc1. The van der Waals surface area contributed by atoms with E-state index in [9.17, 15) is 14.4 Å². The van der Waals surface area contributed by atoms with Crippen LogP contribution in [0.25, 0.3) is 0 Å². The second-order valence-electron chi connectivity index (χ2n) is 5.99. The van der Waals surface area contributed by atoms with E-state index >= 15 is 0 Å². The minimum absolute atomic E-state index is 0.161. The Morgan fingerprint density at radius 1 is 0.828 bits per heavy atom. The molecule has 0 heterocycles. The van der Waals surface area contributed by atoms with E-state index in [0.29, 0.717) is 10.6 Å². The number of benzene rings is 3. The van der Waals surface area contributed by atoms with Crippen molar-refractivity contribution in [1.82, 2.24) is 0 Å². The number of ketones is 1. The van der Waals surface area contributed by atoms with Gasteiger partial charge in [-0.25, -0.2) is 4.79 Å². The van der Waals surface area contributed by atoms with Gasteiger partial charge in [-0.2, -0.15) is 0 Å². The van der Waals surface area contributed by atoms with Gasteiger partial charge in [0.2, 0.25) is 0 Å². The van der Waals surface area contributed by atoms with E-state index in [1.54, 1.807) is 54.6 Å². The summed E-state index contributed by atoms with van der Waals surface area (Å²) in [5, 5.41) is 3.16. The second kappa shape index (κ2) is 9.37. The van der Waals surface area contributed by atoms with Crippen molar-refractivity contribution in [2.75, 3.05) is 11.9 Å². The van der Waals surface area contributed by atoms with Crippen LogP contribution in [0.1, 0.15) is 26.3 Å². The van der Waals surface area contributed by atoms with E-state index in [-0.39, 0.29) is 27.6 Å². The molecule has 0 radical (unpaired) electrons. The molecule has 0 fully saturated rings. The first-order chi connectivity index (χ1) is 14.0. The van der Waals surface area contributed by atoms with Crippen LogP contribution < -0.4 is 5.32 Å². The molecule has 146 valence electrons. The summed E-state index contributed by atoms with van der Waals surface area (Å²) in [7, 11) is 0. The zero-order valence-electron chi connectivity index (χ0n) is 15.0. The summed E-state index contributed by atoms with van der Waals surface area (Å²) >= 11 is 12.0. The van der Waals surface area contributed by atoms with Gasteiger partial charge in [0.25, 0.3) is 5.91 Å². The van der Waals surface area contributed by atoms with Gasteiger partial charge in [0.05, 0.1) is 16.3 Å². The molecule has 3 aromatic carbocycles. The average molecular weight is 428 g/mol. The summed E-state index contributed by atoms with van der Waals surface area (Å²) in [5.41, 5.74) is 1.11. The second-order valence-corrected chi connectivity index (χ2v) is 6.83. The molecule has 3 aromatic rings. The first kappa shape index (κ1) is 20.6. The zero-order chi connectivity index (χ0) is 20.8. The molecule has 0 aliphatic rings. The summed E-state index contributed by atoms with van der Waals surface area (Å²) in [6.07, 6.45) is 0. The fourth-order valence-electron chi connectivity index (χ4n) is 2.58. The minimum atomic E-state index is -0.720. The van der Waals surface area contributed by atoms with E-state index in [0.717, 1.165) is 0 Å². The predicted molar refractivity (Wildman–Crippen MR) is 112 cm³/mol. The smallest absolute Gasteiger partial charge is 0.340 e. The number of ether oxygens (including phenoxy) is 1. The third-order valence-electron chi connectivity index (χ3n) is 3.96. The van der Waals surface area contributed by atoms with E-state index in [2.05, 4.69) is 5.32 Å². The Bertz CT molecular complexity index is 1070. The number of rotatable bonds is 6. The maximum Gasteiger partial charge on any atom is 0.340 e. The summed E-state index contributed by atoms with van der Waals surface area (Å²) in [4.78, 5) is 37.1. The normalized spacial score (nSPS) is 10.3. The van der Waals surface area contributed by atoms with Gasteiger partial charge in [0.15, 0.2) is 12.4 Å². The van der Waals surface area contributed by atoms with Gasteiger partial charge in [-0.15, -0.1) is 0 Å². The fraction of sp³-hybridized carbons (Fsp3) is 0.0455. The lowest BCUT2D eigenvalue weighted by molar-refractivity contribution is -0.119. The Hall–Kier alpha value is -3.15. The minimum Gasteiger partial charge on any atom is -0.452 e. The standard InChI is InChI=1S/C22H15Cl2NO4/c23-15-10-11-19(17(12-15)21(27)14-6-2-1-3-7-14)25-20(26)13-29-22(28)16-8-4-5-9-18(16)24/h1-12H,13H2,(H,25,26). The molecule has 0 aromatic heterocycles. The van der Waals surface area contributed by atoms with E-state index < -0.39 is 18.5 Å². The Labute approximate surface area is 177 Å². The number of hydrogen-bond acceptors (Lipinski definition) is 4. The highest BCUT2D eigenvalue weighted by Gasteiger charge is 2.17. The average Bonchev–Trinajstić information content (AvgIpc) is 2.73. The summed E-state index contributed by atoms with van der Waals surface area (Å²) in [6.45, 7) is -0.536. The van der Waals surface area contributed by atoms with Gasteiger partial charge in [0.1, 0.15) is 0 Å². The molecule has 5 nitrogen and oxygen atoms in total. The molecule has 0 saturated heterocycles. The summed E-state index contributed by atoms with van der Waals surface area (Å²) < 4.78 is 5.01. The van der Waals surface area contributed by atoms with Crippen LogP contribution >= 0.6 is 23.2 Å². The zero-order valence-corrected chi connectivity index (χ0v) is 16.5. The molecular formula is C22H15Cl2NO4. The van der Waals surface area contributed by atoms with Crippen molar-refractivity contribution in [1.29, 1.82) is 0 Å². The van der Waals surface area contributed by atoms with Gasteiger partial charge < -0.3 is 10.1 Å². The van der Waals surface area contributed by atoms with Gasteiger partial charge in [0, 0.05) is 16.1 Å². The predicted octanol–water partition coefficient (Wildman–Crippen LogP) is 5.02. The van der Waals surface area contributed by atoms with Crippen LogP contribution in [0.15, 0.2) is 72.8 Å². The fourth-order valence-corrected chi connectivity index (χ4v) is 2.97. The quantitative estimate of drug-likeness (QED) is 0.442. The van der Waals surface area contributed by atoms with Gasteiger partial charge in [-0.3, -0.25) is 9.59 Å². The molecule has 29 heavy (non-hydrogen) atoms. The van der Waals surface area contributed by atoms with Gasteiger partial charge in [-0.1, -0.05) is 65.7 Å². The largest absolute Gasteiger partial charge is 0.452 e. The van der Waals surface area contributed by atoms with Crippen LogP contribution in [0, 0.1) is 0 Å². The number of hydrogen-bond donors (Lipinski definition) is 1. The topological polar surface area (TPSA) is 72.5 Å². The molecular weight excluding hydrogens is 413 g/mol.